The van der Waals surface area contributed by atoms with Gasteiger partial charge in [-0.25, -0.2) is 0 Å². The summed E-state index contributed by atoms with van der Waals surface area (Å²) in [6.45, 7) is -1.64. The van der Waals surface area contributed by atoms with E-state index in [-0.39, 0.29) is 16.1 Å². The Morgan fingerprint density at radius 3 is 2.33 bits per heavy atom. The van der Waals surface area contributed by atoms with Gasteiger partial charge in [-0.2, -0.15) is 13.2 Å². The maximum Gasteiger partial charge on any atom is 0.416 e. The predicted molar refractivity (Wildman–Crippen MR) is 103 cm³/mol. The summed E-state index contributed by atoms with van der Waals surface area (Å²) >= 11 is 11.6. The lowest BCUT2D eigenvalue weighted by Gasteiger charge is -2.13. The molecule has 2 aromatic carbocycles. The van der Waals surface area contributed by atoms with Crippen molar-refractivity contribution in [3.63, 3.8) is 0 Å². The van der Waals surface area contributed by atoms with Crippen LogP contribution in [-0.4, -0.2) is 30.9 Å². The van der Waals surface area contributed by atoms with Crippen LogP contribution in [0.4, 0.5) is 13.2 Å². The number of halogens is 5. The molecular formula is C19H15Cl2F3N2O4. The number of amides is 2. The van der Waals surface area contributed by atoms with Crippen molar-refractivity contribution >= 4 is 41.0 Å². The van der Waals surface area contributed by atoms with Crippen LogP contribution >= 0.6 is 23.2 Å². The molecule has 0 aromatic heterocycles. The van der Waals surface area contributed by atoms with Crippen LogP contribution in [0, 0.1) is 0 Å². The smallest absolute Gasteiger partial charge is 0.416 e. The molecule has 0 atom stereocenters. The van der Waals surface area contributed by atoms with E-state index < -0.39 is 49.2 Å². The second-order valence-electron chi connectivity index (χ2n) is 5.90. The molecule has 30 heavy (non-hydrogen) atoms. The average Bonchev–Trinajstić information content (AvgIpc) is 2.68. The molecule has 0 saturated heterocycles. The largest absolute Gasteiger partial charge is 0.459 e. The second-order valence-corrected chi connectivity index (χ2v) is 6.74. The van der Waals surface area contributed by atoms with Crippen molar-refractivity contribution < 1.29 is 32.3 Å². The van der Waals surface area contributed by atoms with Gasteiger partial charge in [0.25, 0.3) is 5.91 Å². The van der Waals surface area contributed by atoms with Crippen LogP contribution in [0.5, 0.6) is 0 Å². The third kappa shape index (κ3) is 6.93. The van der Waals surface area contributed by atoms with Gasteiger partial charge in [-0.05, 0) is 24.3 Å². The van der Waals surface area contributed by atoms with Gasteiger partial charge in [0.15, 0.2) is 0 Å². The molecule has 0 aliphatic carbocycles. The van der Waals surface area contributed by atoms with Gasteiger partial charge in [0.05, 0.1) is 22.7 Å². The molecule has 0 radical (unpaired) electrons. The van der Waals surface area contributed by atoms with E-state index in [9.17, 15) is 27.6 Å². The van der Waals surface area contributed by atoms with Crippen molar-refractivity contribution in [1.82, 2.24) is 10.6 Å². The van der Waals surface area contributed by atoms with Crippen LogP contribution in [-0.2, 0) is 27.1 Å². The maximum atomic E-state index is 12.9. The highest BCUT2D eigenvalue weighted by molar-refractivity contribution is 6.36. The highest BCUT2D eigenvalue weighted by Gasteiger charge is 2.33. The highest BCUT2D eigenvalue weighted by atomic mass is 35.5. The number of alkyl halides is 3. The predicted octanol–water partition coefficient (Wildman–Crippen LogP) is 3.60. The molecule has 0 aliphatic heterocycles. The number of esters is 1. The Morgan fingerprint density at radius 2 is 1.67 bits per heavy atom. The quantitative estimate of drug-likeness (QED) is 0.615. The van der Waals surface area contributed by atoms with E-state index in [0.717, 1.165) is 6.07 Å². The number of carbonyl (C=O) groups excluding carboxylic acids is 3. The van der Waals surface area contributed by atoms with Crippen molar-refractivity contribution in [3.8, 4) is 0 Å². The lowest BCUT2D eigenvalue weighted by molar-refractivity contribution is -0.147. The van der Waals surface area contributed by atoms with Gasteiger partial charge < -0.3 is 15.4 Å². The van der Waals surface area contributed by atoms with Crippen LogP contribution in [0.3, 0.4) is 0 Å². The molecule has 11 heteroatoms. The fourth-order valence-electron chi connectivity index (χ4n) is 2.29. The lowest BCUT2D eigenvalue weighted by atomic mass is 10.1. The van der Waals surface area contributed by atoms with Gasteiger partial charge in [0, 0.05) is 10.6 Å². The van der Waals surface area contributed by atoms with Gasteiger partial charge in [-0.3, -0.25) is 14.4 Å². The first-order chi connectivity index (χ1) is 14.1. The lowest BCUT2D eigenvalue weighted by Crippen LogP contribution is -2.39. The minimum atomic E-state index is -4.58. The molecule has 0 unspecified atom stereocenters. The fraction of sp³-hybridized carbons (Fsp3) is 0.211. The van der Waals surface area contributed by atoms with Crippen LogP contribution in [0.25, 0.3) is 0 Å². The Labute approximate surface area is 179 Å². The fourth-order valence-corrected chi connectivity index (χ4v) is 2.79. The zero-order valence-electron chi connectivity index (χ0n) is 15.2. The minimum absolute atomic E-state index is 0.100. The molecule has 0 saturated carbocycles. The van der Waals surface area contributed by atoms with E-state index in [0.29, 0.717) is 5.02 Å². The van der Waals surface area contributed by atoms with Gasteiger partial charge in [-0.15, -0.1) is 0 Å². The Kier molecular flexibility index (Phi) is 8.08. The van der Waals surface area contributed by atoms with Crippen LogP contribution in [0.15, 0.2) is 42.5 Å². The zero-order chi connectivity index (χ0) is 22.3. The number of hydrogen-bond acceptors (Lipinski definition) is 4. The van der Waals surface area contributed by atoms with E-state index in [1.54, 1.807) is 0 Å². The molecule has 0 bridgehead atoms. The van der Waals surface area contributed by atoms with E-state index in [1.165, 1.54) is 36.4 Å². The first-order valence-corrected chi connectivity index (χ1v) is 9.14. The van der Waals surface area contributed by atoms with Gasteiger partial charge in [-0.1, -0.05) is 41.4 Å². The van der Waals surface area contributed by atoms with E-state index in [4.69, 9.17) is 27.9 Å². The van der Waals surface area contributed by atoms with E-state index in [1.807, 2.05) is 0 Å². The molecular weight excluding hydrogens is 448 g/mol. The first-order valence-electron chi connectivity index (χ1n) is 8.38. The normalized spacial score (nSPS) is 11.0. The molecule has 160 valence electrons. The number of ether oxygens (including phenoxy) is 1. The standard InChI is InChI=1S/C19H15Cl2F3N2O4/c20-12-5-6-13(15(21)7-12)18(29)26-8-16(27)25-9-17(28)30-10-11-3-1-2-4-14(11)19(22,23)24/h1-7H,8-10H2,(H,25,27)(H,26,29). The molecule has 0 heterocycles. The van der Waals surface area contributed by atoms with Gasteiger partial charge in [0.2, 0.25) is 5.91 Å². The summed E-state index contributed by atoms with van der Waals surface area (Å²) in [6.07, 6.45) is -4.58. The third-order valence-electron chi connectivity index (χ3n) is 3.73. The molecule has 6 nitrogen and oxygen atoms in total. The van der Waals surface area contributed by atoms with Crippen molar-refractivity contribution in [1.29, 1.82) is 0 Å². The summed E-state index contributed by atoms with van der Waals surface area (Å²) in [4.78, 5) is 35.4. The van der Waals surface area contributed by atoms with Gasteiger partial charge in [0.1, 0.15) is 13.2 Å². The number of nitrogens with one attached hydrogen (secondary N) is 2. The van der Waals surface area contributed by atoms with Crippen molar-refractivity contribution in [2.24, 2.45) is 0 Å². The zero-order valence-corrected chi connectivity index (χ0v) is 16.7. The van der Waals surface area contributed by atoms with Crippen molar-refractivity contribution in [2.75, 3.05) is 13.1 Å². The molecule has 2 amide bonds. The molecule has 2 aromatic rings. The van der Waals surface area contributed by atoms with E-state index in [2.05, 4.69) is 10.6 Å². The number of rotatable bonds is 7. The second kappa shape index (κ2) is 10.3. The Hall–Kier alpha value is -2.78. The summed E-state index contributed by atoms with van der Waals surface area (Å²) in [7, 11) is 0. The number of benzene rings is 2. The first kappa shape index (κ1) is 23.5. The molecule has 2 N–H and O–H groups in total. The van der Waals surface area contributed by atoms with Crippen molar-refractivity contribution in [2.45, 2.75) is 12.8 Å². The van der Waals surface area contributed by atoms with Crippen LogP contribution in [0.2, 0.25) is 10.0 Å². The van der Waals surface area contributed by atoms with Gasteiger partial charge >= 0.3 is 12.1 Å². The van der Waals surface area contributed by atoms with Crippen LogP contribution < -0.4 is 10.6 Å². The van der Waals surface area contributed by atoms with Crippen molar-refractivity contribution in [3.05, 3.63) is 69.2 Å². The summed E-state index contributed by atoms with van der Waals surface area (Å²) in [5.41, 5.74) is -1.02. The Bertz CT molecular complexity index is 952. The molecule has 0 spiro atoms. The molecule has 0 fully saturated rings. The van der Waals surface area contributed by atoms with E-state index >= 15 is 0 Å². The number of hydrogen-bond donors (Lipinski definition) is 2. The maximum absolute atomic E-state index is 12.9. The average molecular weight is 463 g/mol. The van der Waals surface area contributed by atoms with Crippen LogP contribution in [0.1, 0.15) is 21.5 Å². The summed E-state index contributed by atoms with van der Waals surface area (Å²) < 4.78 is 43.5. The Morgan fingerprint density at radius 1 is 0.967 bits per heavy atom. The Balaban J connectivity index is 1.77. The highest BCUT2D eigenvalue weighted by Crippen LogP contribution is 2.32. The minimum Gasteiger partial charge on any atom is -0.459 e. The summed E-state index contributed by atoms with van der Waals surface area (Å²) in [5, 5.41) is 4.94. The molecule has 0 aliphatic rings. The SMILES string of the molecule is O=C(CNC(=O)c1ccc(Cl)cc1Cl)NCC(=O)OCc1ccccc1C(F)(F)F. The summed E-state index contributed by atoms with van der Waals surface area (Å²) in [5.74, 6) is -2.27. The summed E-state index contributed by atoms with van der Waals surface area (Å²) in [6, 6.07) is 8.87. The molecule has 2 rings (SSSR count). The topological polar surface area (TPSA) is 84.5 Å². The third-order valence-corrected chi connectivity index (χ3v) is 4.27. The number of carbonyl (C=O) groups is 3. The monoisotopic (exact) mass is 462 g/mol.